The minimum Gasteiger partial charge on any atom is -0.494 e. The van der Waals surface area contributed by atoms with E-state index in [-0.39, 0.29) is 5.41 Å². The lowest BCUT2D eigenvalue weighted by Crippen LogP contribution is -2.24. The van der Waals surface area contributed by atoms with Gasteiger partial charge < -0.3 is 4.74 Å². The molecule has 1 aromatic heterocycles. The van der Waals surface area contributed by atoms with E-state index in [9.17, 15) is 0 Å². The monoisotopic (exact) mass is 409 g/mol. The van der Waals surface area contributed by atoms with E-state index in [1.165, 1.54) is 24.0 Å². The summed E-state index contributed by atoms with van der Waals surface area (Å²) < 4.78 is 5.96. The molecule has 156 valence electrons. The van der Waals surface area contributed by atoms with Crippen LogP contribution in [0.15, 0.2) is 53.2 Å². The smallest absolute Gasteiger partial charge is 0.119 e. The molecule has 1 heterocycles. The quantitative estimate of drug-likeness (QED) is 0.296. The third-order valence-corrected chi connectivity index (χ3v) is 5.22. The van der Waals surface area contributed by atoms with Crippen molar-refractivity contribution in [3.63, 3.8) is 0 Å². The van der Waals surface area contributed by atoms with Gasteiger partial charge in [-0.3, -0.25) is 4.90 Å². The Kier molecular flexibility index (Phi) is 10.0. The fourth-order valence-corrected chi connectivity index (χ4v) is 3.56. The maximum absolute atomic E-state index is 5.96. The second-order valence-corrected chi connectivity index (χ2v) is 9.04. The number of hydrogen-bond acceptors (Lipinski definition) is 3. The van der Waals surface area contributed by atoms with Crippen LogP contribution in [0.1, 0.15) is 47.0 Å². The summed E-state index contributed by atoms with van der Waals surface area (Å²) >= 11 is 1.72. The largest absolute Gasteiger partial charge is 0.494 e. The first-order valence-corrected chi connectivity index (χ1v) is 11.6. The summed E-state index contributed by atoms with van der Waals surface area (Å²) in [5.41, 5.74) is 2.56. The van der Waals surface area contributed by atoms with E-state index >= 15 is 0 Å². The van der Waals surface area contributed by atoms with Crippen LogP contribution in [0.3, 0.4) is 0 Å². The van der Waals surface area contributed by atoms with Crippen molar-refractivity contribution < 1.29 is 4.74 Å². The van der Waals surface area contributed by atoms with Gasteiger partial charge in [-0.15, -0.1) is 0 Å². The molecular formula is C26H35NOS. The molecular weight excluding hydrogens is 374 g/mol. The van der Waals surface area contributed by atoms with Crippen molar-refractivity contribution in [1.29, 1.82) is 0 Å². The van der Waals surface area contributed by atoms with Crippen LogP contribution in [-0.2, 0) is 0 Å². The van der Waals surface area contributed by atoms with Crippen molar-refractivity contribution in [2.75, 3.05) is 26.2 Å². The van der Waals surface area contributed by atoms with Crippen molar-refractivity contribution in [2.24, 2.45) is 5.41 Å². The first kappa shape index (κ1) is 23.3. The first-order valence-electron chi connectivity index (χ1n) is 10.6. The SMILES string of the molecule is CCN(C/C=C/C#CC(C)(C)C)CCCCCOc1cccc(-c2ccsc2)c1. The van der Waals surface area contributed by atoms with Crippen LogP contribution < -0.4 is 4.74 Å². The Morgan fingerprint density at radius 2 is 1.97 bits per heavy atom. The predicted octanol–water partition coefficient (Wildman–Crippen LogP) is 6.89. The standard InChI is InChI=1S/C26H35NOS/c1-5-27(17-9-6-8-16-26(2,3)4)18-10-7-11-19-28-25-14-12-13-23(21-25)24-15-20-29-22-24/h6,9,12-15,20-22H,5,7,10-11,17-19H2,1-4H3/b9-6+. The van der Waals surface area contributed by atoms with Gasteiger partial charge in [0.2, 0.25) is 0 Å². The minimum absolute atomic E-state index is 0.0715. The van der Waals surface area contributed by atoms with Gasteiger partial charge in [0.15, 0.2) is 0 Å². The van der Waals surface area contributed by atoms with Gasteiger partial charge in [0.05, 0.1) is 6.61 Å². The van der Waals surface area contributed by atoms with Gasteiger partial charge in [0.25, 0.3) is 0 Å². The molecule has 0 aliphatic carbocycles. The number of allylic oxidation sites excluding steroid dienone is 1. The number of hydrogen-bond donors (Lipinski definition) is 0. The van der Waals surface area contributed by atoms with Crippen molar-refractivity contribution in [1.82, 2.24) is 4.90 Å². The average Bonchev–Trinajstić information content (AvgIpc) is 3.23. The molecule has 1 aromatic carbocycles. The number of ether oxygens (including phenoxy) is 1. The number of likely N-dealkylation sites (N-methyl/N-ethyl adjacent to an activating group) is 1. The summed E-state index contributed by atoms with van der Waals surface area (Å²) in [7, 11) is 0. The van der Waals surface area contributed by atoms with Crippen LogP contribution in [0.2, 0.25) is 0 Å². The number of unbranched alkanes of at least 4 members (excludes halogenated alkanes) is 2. The Balaban J connectivity index is 1.62. The Hall–Kier alpha value is -2.02. The van der Waals surface area contributed by atoms with E-state index < -0.39 is 0 Å². The van der Waals surface area contributed by atoms with Crippen molar-refractivity contribution in [3.05, 3.63) is 53.2 Å². The van der Waals surface area contributed by atoms with Crippen LogP contribution >= 0.6 is 11.3 Å². The van der Waals surface area contributed by atoms with Gasteiger partial charge in [-0.1, -0.05) is 37.0 Å². The first-order chi connectivity index (χ1) is 14.0. The van der Waals surface area contributed by atoms with Gasteiger partial charge in [0.1, 0.15) is 5.75 Å². The number of nitrogens with zero attached hydrogens (tertiary/aromatic N) is 1. The van der Waals surface area contributed by atoms with E-state index in [4.69, 9.17) is 4.74 Å². The summed E-state index contributed by atoms with van der Waals surface area (Å²) in [4.78, 5) is 2.46. The Bertz CT molecular complexity index is 790. The Labute approximate surface area is 181 Å². The Morgan fingerprint density at radius 3 is 2.69 bits per heavy atom. The molecule has 0 amide bonds. The molecule has 3 heteroatoms. The van der Waals surface area contributed by atoms with Crippen LogP contribution in [0.25, 0.3) is 11.1 Å². The molecule has 0 aliphatic heterocycles. The summed E-state index contributed by atoms with van der Waals surface area (Å²) in [6, 6.07) is 10.5. The van der Waals surface area contributed by atoms with Crippen molar-refractivity contribution in [3.8, 4) is 28.7 Å². The predicted molar refractivity (Wildman–Crippen MR) is 128 cm³/mol. The molecule has 2 rings (SSSR count). The van der Waals surface area contributed by atoms with E-state index in [0.29, 0.717) is 0 Å². The van der Waals surface area contributed by atoms with Gasteiger partial charge in [-0.2, -0.15) is 11.3 Å². The van der Waals surface area contributed by atoms with Crippen LogP contribution in [0, 0.1) is 17.3 Å². The molecule has 0 unspecified atom stereocenters. The highest BCUT2D eigenvalue weighted by molar-refractivity contribution is 7.08. The highest BCUT2D eigenvalue weighted by atomic mass is 32.1. The Morgan fingerprint density at radius 1 is 1.10 bits per heavy atom. The summed E-state index contributed by atoms with van der Waals surface area (Å²) in [6.45, 7) is 12.6. The van der Waals surface area contributed by atoms with Gasteiger partial charge in [0, 0.05) is 12.0 Å². The fourth-order valence-electron chi connectivity index (χ4n) is 2.90. The maximum Gasteiger partial charge on any atom is 0.119 e. The average molecular weight is 410 g/mol. The van der Waals surface area contributed by atoms with Gasteiger partial charge >= 0.3 is 0 Å². The van der Waals surface area contributed by atoms with Crippen LogP contribution in [-0.4, -0.2) is 31.1 Å². The summed E-state index contributed by atoms with van der Waals surface area (Å²) in [5.74, 6) is 7.34. The van der Waals surface area contributed by atoms with E-state index in [0.717, 1.165) is 38.4 Å². The topological polar surface area (TPSA) is 12.5 Å². The summed E-state index contributed by atoms with van der Waals surface area (Å²) in [5, 5.41) is 4.28. The van der Waals surface area contributed by atoms with E-state index in [1.54, 1.807) is 11.3 Å². The van der Waals surface area contributed by atoms with Crippen molar-refractivity contribution >= 4 is 11.3 Å². The lowest BCUT2D eigenvalue weighted by atomic mass is 9.98. The van der Waals surface area contributed by atoms with Gasteiger partial charge in [-0.05, 0) is 99.3 Å². The minimum atomic E-state index is 0.0715. The fraction of sp³-hybridized carbons (Fsp3) is 0.462. The third-order valence-electron chi connectivity index (χ3n) is 4.54. The van der Waals surface area contributed by atoms with Crippen LogP contribution in [0.4, 0.5) is 0 Å². The van der Waals surface area contributed by atoms with Crippen LogP contribution in [0.5, 0.6) is 5.75 Å². The lowest BCUT2D eigenvalue weighted by molar-refractivity contribution is 0.284. The highest BCUT2D eigenvalue weighted by Gasteiger charge is 2.03. The molecule has 0 saturated carbocycles. The molecule has 29 heavy (non-hydrogen) atoms. The zero-order valence-corrected chi connectivity index (χ0v) is 19.2. The highest BCUT2D eigenvalue weighted by Crippen LogP contribution is 2.25. The maximum atomic E-state index is 5.96. The zero-order chi connectivity index (χ0) is 21.0. The lowest BCUT2D eigenvalue weighted by Gasteiger charge is -2.18. The molecule has 2 nitrogen and oxygen atoms in total. The second-order valence-electron chi connectivity index (χ2n) is 8.26. The molecule has 0 spiro atoms. The molecule has 0 saturated heterocycles. The number of rotatable bonds is 11. The number of benzene rings is 1. The molecule has 0 bridgehead atoms. The number of thiophene rings is 1. The zero-order valence-electron chi connectivity index (χ0n) is 18.4. The molecule has 0 aliphatic rings. The molecule has 0 radical (unpaired) electrons. The van der Waals surface area contributed by atoms with Crippen molar-refractivity contribution in [2.45, 2.75) is 47.0 Å². The van der Waals surface area contributed by atoms with E-state index in [2.05, 4.69) is 85.5 Å². The van der Waals surface area contributed by atoms with E-state index in [1.807, 2.05) is 12.1 Å². The summed E-state index contributed by atoms with van der Waals surface area (Å²) in [6.07, 6.45) is 7.65. The van der Waals surface area contributed by atoms with Gasteiger partial charge in [-0.25, -0.2) is 0 Å². The molecule has 0 atom stereocenters. The molecule has 2 aromatic rings. The normalized spacial score (nSPS) is 11.6. The molecule has 0 N–H and O–H groups in total. The third kappa shape index (κ3) is 9.83. The molecule has 0 fully saturated rings. The second kappa shape index (κ2) is 12.5.